The van der Waals surface area contributed by atoms with Crippen molar-refractivity contribution < 1.29 is 9.53 Å². The average Bonchev–Trinajstić information content (AvgIpc) is 2.53. The molecule has 1 unspecified atom stereocenters. The zero-order chi connectivity index (χ0) is 14.4. The lowest BCUT2D eigenvalue weighted by molar-refractivity contribution is -0.142. The lowest BCUT2D eigenvalue weighted by Crippen LogP contribution is -2.38. The topological polar surface area (TPSA) is 51.2 Å². The van der Waals surface area contributed by atoms with Gasteiger partial charge in [-0.25, -0.2) is 0 Å². The smallest absolute Gasteiger partial charge is 0.322 e. The largest absolute Gasteiger partial charge is 0.468 e. The van der Waals surface area contributed by atoms with Gasteiger partial charge in [0.15, 0.2) is 0 Å². The van der Waals surface area contributed by atoms with Crippen LogP contribution in [0.4, 0.5) is 0 Å². The third-order valence-corrected chi connectivity index (χ3v) is 3.14. The van der Waals surface area contributed by atoms with Crippen molar-refractivity contribution in [1.82, 2.24) is 10.3 Å². The van der Waals surface area contributed by atoms with Crippen molar-refractivity contribution in [3.63, 3.8) is 0 Å². The molecule has 4 nitrogen and oxygen atoms in total. The summed E-state index contributed by atoms with van der Waals surface area (Å²) < 4.78 is 4.77. The van der Waals surface area contributed by atoms with Crippen LogP contribution in [0.1, 0.15) is 24.1 Å². The molecule has 0 radical (unpaired) electrons. The third kappa shape index (κ3) is 3.42. The SMILES string of the molecule is COC(=O)[C@H](C)NC(c1ccccc1)c1ccncc1. The van der Waals surface area contributed by atoms with Crippen molar-refractivity contribution in [2.75, 3.05) is 7.11 Å². The molecule has 0 fully saturated rings. The first-order chi connectivity index (χ1) is 9.72. The van der Waals surface area contributed by atoms with Crippen LogP contribution in [0, 0.1) is 0 Å². The normalized spacial score (nSPS) is 13.5. The number of esters is 1. The minimum absolute atomic E-state index is 0.0756. The van der Waals surface area contributed by atoms with E-state index in [1.807, 2.05) is 42.5 Å². The molecule has 0 saturated heterocycles. The van der Waals surface area contributed by atoms with Gasteiger partial charge >= 0.3 is 5.97 Å². The number of benzene rings is 1. The molecule has 0 saturated carbocycles. The molecule has 2 aromatic rings. The van der Waals surface area contributed by atoms with Crippen molar-refractivity contribution >= 4 is 5.97 Å². The van der Waals surface area contributed by atoms with Crippen LogP contribution in [0.5, 0.6) is 0 Å². The maximum atomic E-state index is 11.6. The van der Waals surface area contributed by atoms with Crippen LogP contribution in [-0.4, -0.2) is 24.1 Å². The molecule has 0 aliphatic heterocycles. The van der Waals surface area contributed by atoms with E-state index < -0.39 is 6.04 Å². The fourth-order valence-electron chi connectivity index (χ4n) is 2.08. The van der Waals surface area contributed by atoms with Gasteiger partial charge in [0.25, 0.3) is 0 Å². The van der Waals surface area contributed by atoms with Gasteiger partial charge in [0.05, 0.1) is 13.2 Å². The van der Waals surface area contributed by atoms with Crippen LogP contribution in [0.2, 0.25) is 0 Å². The number of nitrogens with one attached hydrogen (secondary N) is 1. The van der Waals surface area contributed by atoms with Gasteiger partial charge in [0, 0.05) is 12.4 Å². The molecule has 0 spiro atoms. The maximum absolute atomic E-state index is 11.6. The highest BCUT2D eigenvalue weighted by atomic mass is 16.5. The summed E-state index contributed by atoms with van der Waals surface area (Å²) in [5, 5.41) is 3.30. The second kappa shape index (κ2) is 6.82. The molecule has 1 aromatic heterocycles. The number of rotatable bonds is 5. The van der Waals surface area contributed by atoms with Crippen LogP contribution in [0.3, 0.4) is 0 Å². The quantitative estimate of drug-likeness (QED) is 0.847. The Morgan fingerprint density at radius 3 is 2.30 bits per heavy atom. The Balaban J connectivity index is 2.28. The molecule has 4 heteroatoms. The summed E-state index contributed by atoms with van der Waals surface area (Å²) in [5.41, 5.74) is 2.15. The summed E-state index contributed by atoms with van der Waals surface area (Å²) in [7, 11) is 1.39. The zero-order valence-electron chi connectivity index (χ0n) is 11.6. The van der Waals surface area contributed by atoms with E-state index in [1.165, 1.54) is 7.11 Å². The molecular weight excluding hydrogens is 252 g/mol. The maximum Gasteiger partial charge on any atom is 0.322 e. The monoisotopic (exact) mass is 270 g/mol. The number of nitrogens with zero attached hydrogens (tertiary/aromatic N) is 1. The Morgan fingerprint density at radius 2 is 1.70 bits per heavy atom. The van der Waals surface area contributed by atoms with Crippen molar-refractivity contribution in [3.05, 3.63) is 66.0 Å². The van der Waals surface area contributed by atoms with Crippen LogP contribution < -0.4 is 5.32 Å². The molecule has 0 amide bonds. The molecule has 1 heterocycles. The minimum Gasteiger partial charge on any atom is -0.468 e. The summed E-state index contributed by atoms with van der Waals surface area (Å²) in [6, 6.07) is 13.4. The van der Waals surface area contributed by atoms with Gasteiger partial charge in [-0.05, 0) is 30.2 Å². The summed E-state index contributed by atoms with van der Waals surface area (Å²) in [6.45, 7) is 1.79. The van der Waals surface area contributed by atoms with E-state index in [4.69, 9.17) is 4.74 Å². The Hall–Kier alpha value is -2.20. The molecule has 0 aliphatic rings. The molecule has 0 bridgehead atoms. The predicted molar refractivity (Wildman–Crippen MR) is 77.1 cm³/mol. The van der Waals surface area contributed by atoms with E-state index in [0.717, 1.165) is 11.1 Å². The van der Waals surface area contributed by atoms with Crippen LogP contribution >= 0.6 is 0 Å². The number of carbonyl (C=O) groups is 1. The van der Waals surface area contributed by atoms with Gasteiger partial charge in [-0.2, -0.15) is 0 Å². The van der Waals surface area contributed by atoms with Crippen LogP contribution in [0.25, 0.3) is 0 Å². The average molecular weight is 270 g/mol. The predicted octanol–water partition coefficient (Wildman–Crippen LogP) is 2.32. The highest BCUT2D eigenvalue weighted by Crippen LogP contribution is 2.22. The van der Waals surface area contributed by atoms with E-state index in [0.29, 0.717) is 0 Å². The number of ether oxygens (including phenoxy) is 1. The van der Waals surface area contributed by atoms with Crippen molar-refractivity contribution in [3.8, 4) is 0 Å². The van der Waals surface area contributed by atoms with Crippen LogP contribution in [0.15, 0.2) is 54.9 Å². The summed E-state index contributed by atoms with van der Waals surface area (Å²) in [4.78, 5) is 15.6. The first kappa shape index (κ1) is 14.2. The number of methoxy groups -OCH3 is 1. The lowest BCUT2D eigenvalue weighted by atomic mass is 9.99. The Bertz CT molecular complexity index is 503. The molecule has 0 aliphatic carbocycles. The van der Waals surface area contributed by atoms with Crippen molar-refractivity contribution in [2.45, 2.75) is 19.0 Å². The molecule has 104 valence electrons. The van der Waals surface area contributed by atoms with Gasteiger partial charge < -0.3 is 4.74 Å². The van der Waals surface area contributed by atoms with Gasteiger partial charge in [0.2, 0.25) is 0 Å². The highest BCUT2D eigenvalue weighted by molar-refractivity contribution is 5.75. The fraction of sp³-hybridized carbons (Fsp3) is 0.250. The van der Waals surface area contributed by atoms with E-state index >= 15 is 0 Å². The second-order valence-corrected chi connectivity index (χ2v) is 4.54. The number of pyridine rings is 1. The highest BCUT2D eigenvalue weighted by Gasteiger charge is 2.20. The van der Waals surface area contributed by atoms with E-state index in [1.54, 1.807) is 19.3 Å². The summed E-state index contributed by atoms with van der Waals surface area (Å²) in [6.07, 6.45) is 3.49. The Labute approximate surface area is 118 Å². The van der Waals surface area contributed by atoms with Gasteiger partial charge in [-0.15, -0.1) is 0 Å². The molecule has 2 atom stereocenters. The molecule has 1 N–H and O–H groups in total. The van der Waals surface area contributed by atoms with E-state index in [2.05, 4.69) is 10.3 Å². The standard InChI is InChI=1S/C16H18N2O2/c1-12(16(19)20-2)18-15(13-6-4-3-5-7-13)14-8-10-17-11-9-14/h3-12,15,18H,1-2H3/t12-,15?/m0/s1. The fourth-order valence-corrected chi connectivity index (χ4v) is 2.08. The summed E-state index contributed by atoms with van der Waals surface area (Å²) in [5.74, 6) is -0.278. The minimum atomic E-state index is -0.390. The van der Waals surface area contributed by atoms with Crippen molar-refractivity contribution in [1.29, 1.82) is 0 Å². The molecule has 2 rings (SSSR count). The van der Waals surface area contributed by atoms with Crippen molar-refractivity contribution in [2.24, 2.45) is 0 Å². The number of carbonyl (C=O) groups excluding carboxylic acids is 1. The Morgan fingerprint density at radius 1 is 1.10 bits per heavy atom. The first-order valence-corrected chi connectivity index (χ1v) is 6.51. The lowest BCUT2D eigenvalue weighted by Gasteiger charge is -2.23. The second-order valence-electron chi connectivity index (χ2n) is 4.54. The number of hydrogen-bond acceptors (Lipinski definition) is 4. The van der Waals surface area contributed by atoms with E-state index in [-0.39, 0.29) is 12.0 Å². The Kier molecular flexibility index (Phi) is 4.85. The molecule has 20 heavy (non-hydrogen) atoms. The first-order valence-electron chi connectivity index (χ1n) is 6.51. The number of aromatic nitrogens is 1. The van der Waals surface area contributed by atoms with E-state index in [9.17, 15) is 4.79 Å². The van der Waals surface area contributed by atoms with Gasteiger partial charge in [0.1, 0.15) is 6.04 Å². The number of hydrogen-bond donors (Lipinski definition) is 1. The summed E-state index contributed by atoms with van der Waals surface area (Å²) >= 11 is 0. The zero-order valence-corrected chi connectivity index (χ0v) is 11.6. The van der Waals surface area contributed by atoms with Gasteiger partial charge in [-0.1, -0.05) is 30.3 Å². The molecule has 1 aromatic carbocycles. The molecular formula is C16H18N2O2. The van der Waals surface area contributed by atoms with Gasteiger partial charge in [-0.3, -0.25) is 15.1 Å². The third-order valence-electron chi connectivity index (χ3n) is 3.14. The van der Waals surface area contributed by atoms with Crippen LogP contribution in [-0.2, 0) is 9.53 Å².